The monoisotopic (exact) mass is 822 g/mol. The molecule has 1 saturated heterocycles. The van der Waals surface area contributed by atoms with E-state index in [0.717, 1.165) is 10.7 Å². The van der Waals surface area contributed by atoms with Gasteiger partial charge in [-0.2, -0.15) is 10.2 Å². The maximum atomic E-state index is 15.2. The molecule has 7 rings (SSSR count). The Morgan fingerprint density at radius 1 is 1.03 bits per heavy atom. The fourth-order valence-electron chi connectivity index (χ4n) is 7.15. The molecule has 59 heavy (non-hydrogen) atoms. The van der Waals surface area contributed by atoms with Gasteiger partial charge in [-0.05, 0) is 47.5 Å². The summed E-state index contributed by atoms with van der Waals surface area (Å²) in [5.74, 6) is -2.98. The second kappa shape index (κ2) is 17.0. The third kappa shape index (κ3) is 8.15. The third-order valence-corrected chi connectivity index (χ3v) is 10.1. The summed E-state index contributed by atoms with van der Waals surface area (Å²) in [4.78, 5) is 44.9. The van der Waals surface area contributed by atoms with Gasteiger partial charge in [0.1, 0.15) is 61.1 Å². The van der Waals surface area contributed by atoms with Crippen molar-refractivity contribution in [1.82, 2.24) is 29.4 Å². The first kappa shape index (κ1) is 41.1. The Kier molecular flexibility index (Phi) is 11.8. The minimum atomic E-state index is -1.91. The highest BCUT2D eigenvalue weighted by molar-refractivity contribution is 5.97. The van der Waals surface area contributed by atoms with Gasteiger partial charge in [-0.25, -0.2) is 28.0 Å². The molecule has 0 aliphatic carbocycles. The third-order valence-electron chi connectivity index (χ3n) is 10.1. The van der Waals surface area contributed by atoms with Crippen molar-refractivity contribution in [3.8, 4) is 5.75 Å². The number of carboxylic acids is 1. The summed E-state index contributed by atoms with van der Waals surface area (Å²) in [6.07, 6.45) is -8.67. The summed E-state index contributed by atoms with van der Waals surface area (Å²) in [5, 5.41) is 52.5. The van der Waals surface area contributed by atoms with E-state index in [1.54, 1.807) is 19.2 Å². The lowest BCUT2D eigenvalue weighted by Crippen LogP contribution is -2.61. The number of halogens is 2. The van der Waals surface area contributed by atoms with E-state index in [1.165, 1.54) is 59.4 Å². The van der Waals surface area contributed by atoms with Crippen molar-refractivity contribution in [2.45, 2.75) is 62.5 Å². The number of carboxylic acid groups (broad SMARTS) is 1. The number of aromatic nitrogens is 5. The number of amides is 1. The van der Waals surface area contributed by atoms with E-state index < -0.39 is 78.6 Å². The number of hydrogen-bond acceptors (Lipinski definition) is 15. The zero-order valence-electron chi connectivity index (χ0n) is 31.5. The highest BCUT2D eigenvalue weighted by Crippen LogP contribution is 2.46. The Balaban J connectivity index is 1.16. The number of nitrogens with zero attached hydrogens (tertiary/aromatic N) is 6. The highest BCUT2D eigenvalue weighted by atomic mass is 19.1. The molecule has 0 spiro atoms. The lowest BCUT2D eigenvalue weighted by Gasteiger charge is -2.38. The SMILES string of the molecule is COCCN(Cn1nc2c3c(cc(F)cc3c1=O)N[C@H](c1ccc(F)cc1)[C@H]2c1ncnn1C)C(=O)OCc1ccc(O[C@@H]2O[C@H](C(=O)O)[C@@H](O)[C@H](O)[C@H]2O)c(CN)c1. The lowest BCUT2D eigenvalue weighted by molar-refractivity contribution is -0.271. The molecule has 3 aromatic carbocycles. The molecule has 2 aliphatic rings. The Labute approximate surface area is 333 Å². The molecule has 2 aromatic heterocycles. The lowest BCUT2D eigenvalue weighted by atomic mass is 9.83. The number of ether oxygens (including phenoxy) is 4. The zero-order valence-corrected chi connectivity index (χ0v) is 31.5. The van der Waals surface area contributed by atoms with Crippen LogP contribution in [-0.4, -0.2) is 113 Å². The summed E-state index contributed by atoms with van der Waals surface area (Å²) in [7, 11) is 3.10. The second-order valence-corrected chi connectivity index (χ2v) is 13.9. The van der Waals surface area contributed by atoms with Crippen LogP contribution in [0.4, 0.5) is 19.3 Å². The number of aryl methyl sites for hydroxylation is 1. The maximum absolute atomic E-state index is 15.2. The largest absolute Gasteiger partial charge is 0.479 e. The van der Waals surface area contributed by atoms with E-state index in [1.807, 2.05) is 0 Å². The first-order valence-corrected chi connectivity index (χ1v) is 18.2. The van der Waals surface area contributed by atoms with Crippen LogP contribution in [0.2, 0.25) is 0 Å². The van der Waals surface area contributed by atoms with Crippen LogP contribution in [0.1, 0.15) is 40.2 Å². The van der Waals surface area contributed by atoms with E-state index in [2.05, 4.69) is 15.4 Å². The van der Waals surface area contributed by atoms with Gasteiger partial charge in [0.2, 0.25) is 6.29 Å². The van der Waals surface area contributed by atoms with E-state index in [-0.39, 0.29) is 43.1 Å². The van der Waals surface area contributed by atoms with Crippen molar-refractivity contribution in [2.75, 3.05) is 25.6 Å². The molecule has 312 valence electrons. The zero-order chi connectivity index (χ0) is 42.1. The van der Waals surface area contributed by atoms with Gasteiger partial charge in [-0.1, -0.05) is 18.2 Å². The molecular weight excluding hydrogens is 782 g/mol. The van der Waals surface area contributed by atoms with Crippen molar-refractivity contribution in [1.29, 1.82) is 0 Å². The molecule has 7 atom stereocenters. The molecule has 21 heteroatoms. The average molecular weight is 823 g/mol. The van der Waals surface area contributed by atoms with Crippen LogP contribution in [0.5, 0.6) is 5.75 Å². The van der Waals surface area contributed by atoms with Crippen LogP contribution in [0.25, 0.3) is 10.8 Å². The molecule has 1 amide bonds. The predicted molar refractivity (Wildman–Crippen MR) is 200 cm³/mol. The number of carbonyl (C=O) groups is 2. The smallest absolute Gasteiger partial charge is 0.411 e. The molecule has 0 radical (unpaired) electrons. The number of hydrogen-bond donors (Lipinski definition) is 6. The predicted octanol–water partition coefficient (Wildman–Crippen LogP) is 1.07. The number of nitrogens with two attached hydrogens (primary N) is 1. The van der Waals surface area contributed by atoms with E-state index in [9.17, 15) is 39.2 Å². The molecule has 4 heterocycles. The van der Waals surface area contributed by atoms with Gasteiger partial charge in [0, 0.05) is 43.9 Å². The number of carbonyl (C=O) groups excluding carboxylic acids is 1. The maximum Gasteiger partial charge on any atom is 0.411 e. The van der Waals surface area contributed by atoms with Gasteiger partial charge in [-0.3, -0.25) is 14.4 Å². The van der Waals surface area contributed by atoms with Crippen LogP contribution < -0.4 is 21.3 Å². The van der Waals surface area contributed by atoms with Crippen molar-refractivity contribution in [3.05, 3.63) is 111 Å². The van der Waals surface area contributed by atoms with Crippen molar-refractivity contribution in [3.63, 3.8) is 0 Å². The minimum Gasteiger partial charge on any atom is -0.479 e. The van der Waals surface area contributed by atoms with Crippen LogP contribution >= 0.6 is 0 Å². The van der Waals surface area contributed by atoms with Gasteiger partial charge in [0.25, 0.3) is 5.56 Å². The first-order valence-electron chi connectivity index (χ1n) is 18.2. The van der Waals surface area contributed by atoms with Crippen LogP contribution in [0.3, 0.4) is 0 Å². The molecule has 0 bridgehead atoms. The molecule has 1 fully saturated rings. The first-order chi connectivity index (χ1) is 28.3. The number of benzene rings is 3. The fourth-order valence-corrected chi connectivity index (χ4v) is 7.15. The van der Waals surface area contributed by atoms with Gasteiger partial charge in [0.15, 0.2) is 6.10 Å². The normalized spacial score (nSPS) is 22.5. The quantitative estimate of drug-likeness (QED) is 0.0971. The number of nitrogens with one attached hydrogen (secondary N) is 1. The Morgan fingerprint density at radius 3 is 2.47 bits per heavy atom. The van der Waals surface area contributed by atoms with Gasteiger partial charge < -0.3 is 50.4 Å². The number of rotatable bonds is 13. The second-order valence-electron chi connectivity index (χ2n) is 13.9. The Morgan fingerprint density at radius 2 is 1.80 bits per heavy atom. The van der Waals surface area contributed by atoms with E-state index in [4.69, 9.17) is 29.8 Å². The summed E-state index contributed by atoms with van der Waals surface area (Å²) in [5.41, 5.74) is 7.23. The van der Waals surface area contributed by atoms with E-state index >= 15 is 4.39 Å². The standard InChI is InChI=1S/C38H40F2N8O11/c1-46-34(42-16-43-46)27-28(19-4-6-21(39)7-5-19)44-24-13-22(40)12-23-26(24)29(27)45-48(35(23)52)17-47(9-10-56-2)38(55)57-15-18-3-8-25(20(11-18)14-41)58-37-32(51)30(49)31(50)33(59-37)36(53)54/h3-8,11-13,16,27-28,30-33,37,44,49-51H,9-10,14-15,17,41H2,1-2H3,(H,53,54)/t27-,28-,30+,31+,32-,33+,37-/m1/s1. The number of anilines is 1. The Hall–Kier alpha value is -6.10. The highest BCUT2D eigenvalue weighted by Gasteiger charge is 2.48. The van der Waals surface area contributed by atoms with Crippen LogP contribution in [0, 0.1) is 11.6 Å². The molecular formula is C38H40F2N8O11. The molecule has 7 N–H and O–H groups in total. The Bertz CT molecular complexity index is 2420. The van der Waals surface area contributed by atoms with Crippen LogP contribution in [0.15, 0.2) is 65.7 Å². The molecule has 2 aliphatic heterocycles. The fraction of sp³-hybridized carbons (Fsp3) is 0.368. The molecule has 5 aromatic rings. The number of aliphatic hydroxyl groups excluding tert-OH is 3. The summed E-state index contributed by atoms with van der Waals surface area (Å²) in [6, 6.07) is 11.9. The van der Waals surface area contributed by atoms with Gasteiger partial charge in [-0.15, -0.1) is 0 Å². The van der Waals surface area contributed by atoms with Gasteiger partial charge >= 0.3 is 12.1 Å². The topological polar surface area (TPSA) is 259 Å². The van der Waals surface area contributed by atoms with Crippen molar-refractivity contribution < 1.29 is 57.7 Å². The molecule has 19 nitrogen and oxygen atoms in total. The molecule has 0 unspecified atom stereocenters. The van der Waals surface area contributed by atoms with Crippen molar-refractivity contribution >= 4 is 28.5 Å². The van der Waals surface area contributed by atoms with E-state index in [0.29, 0.717) is 33.6 Å². The number of aliphatic carboxylic acids is 1. The summed E-state index contributed by atoms with van der Waals surface area (Å²) >= 11 is 0. The van der Waals surface area contributed by atoms with Gasteiger partial charge in [0.05, 0.1) is 29.6 Å². The minimum absolute atomic E-state index is 0.0192. The molecule has 0 saturated carbocycles. The summed E-state index contributed by atoms with van der Waals surface area (Å²) in [6.45, 7) is -0.891. The average Bonchev–Trinajstić information content (AvgIpc) is 3.65. The van der Waals surface area contributed by atoms with Crippen LogP contribution in [-0.2, 0) is 45.9 Å². The summed E-state index contributed by atoms with van der Waals surface area (Å²) < 4.78 is 53.5. The number of aliphatic hydroxyl groups is 3. The number of methoxy groups -OCH3 is 1. The van der Waals surface area contributed by atoms with Crippen molar-refractivity contribution in [2.24, 2.45) is 12.8 Å².